The summed E-state index contributed by atoms with van der Waals surface area (Å²) in [5, 5.41) is 3.09. The monoisotopic (exact) mass is 513 g/mol. The van der Waals surface area contributed by atoms with E-state index in [2.05, 4.69) is 22.0 Å². The highest BCUT2D eigenvalue weighted by Gasteiger charge is 2.40. The van der Waals surface area contributed by atoms with Crippen LogP contribution in [0.5, 0.6) is 5.75 Å². The molecule has 0 saturated carbocycles. The van der Waals surface area contributed by atoms with Crippen LogP contribution >= 0.6 is 12.4 Å². The standard InChI is InChI=1S/C23H35N5O4S.ClH/c1-5-9-27-15-19-21(24-23(29)22(19)26(4)16-27)18-14-17(7-8-20(18)32-6-2)33(30,31)28-12-10-25(3)11-13-28;/h7-8,14,21H,5-6,9-13,15-16H2,1-4H3,(H,24,29);1H. The molecule has 1 aromatic carbocycles. The van der Waals surface area contributed by atoms with E-state index >= 15 is 0 Å². The van der Waals surface area contributed by atoms with Crippen LogP contribution in [0.4, 0.5) is 0 Å². The van der Waals surface area contributed by atoms with E-state index in [1.54, 1.807) is 22.5 Å². The summed E-state index contributed by atoms with van der Waals surface area (Å²) >= 11 is 0. The summed E-state index contributed by atoms with van der Waals surface area (Å²) in [5.41, 5.74) is 2.34. The molecule has 0 aromatic heterocycles. The first-order valence-electron chi connectivity index (χ1n) is 11.7. The second-order valence-electron chi connectivity index (χ2n) is 9.01. The SMILES string of the molecule is CCCN1CC2=C(C(=O)NC2c2cc(S(=O)(=O)N3CCN(C)CC3)ccc2OCC)N(C)C1.Cl. The first-order valence-corrected chi connectivity index (χ1v) is 13.1. The topological polar surface area (TPSA) is 85.4 Å². The molecule has 1 amide bonds. The number of hydrogen-bond acceptors (Lipinski definition) is 7. The van der Waals surface area contributed by atoms with Gasteiger partial charge in [-0.1, -0.05) is 6.92 Å². The van der Waals surface area contributed by atoms with Crippen LogP contribution in [0.15, 0.2) is 34.4 Å². The van der Waals surface area contributed by atoms with E-state index in [9.17, 15) is 13.2 Å². The van der Waals surface area contributed by atoms with Gasteiger partial charge in [-0.2, -0.15) is 4.31 Å². The third-order valence-corrected chi connectivity index (χ3v) is 8.46. The molecular weight excluding hydrogens is 478 g/mol. The Morgan fingerprint density at radius 3 is 2.47 bits per heavy atom. The largest absolute Gasteiger partial charge is 0.494 e. The first kappa shape index (κ1) is 26.7. The molecule has 1 saturated heterocycles. The highest BCUT2D eigenvalue weighted by molar-refractivity contribution is 7.89. The van der Waals surface area contributed by atoms with Crippen molar-refractivity contribution in [2.75, 3.05) is 66.6 Å². The van der Waals surface area contributed by atoms with Crippen LogP contribution in [0.1, 0.15) is 31.9 Å². The second-order valence-corrected chi connectivity index (χ2v) is 11.0. The third kappa shape index (κ3) is 5.06. The van der Waals surface area contributed by atoms with Gasteiger partial charge in [0.1, 0.15) is 11.4 Å². The summed E-state index contributed by atoms with van der Waals surface area (Å²) < 4.78 is 34.3. The van der Waals surface area contributed by atoms with E-state index < -0.39 is 16.1 Å². The summed E-state index contributed by atoms with van der Waals surface area (Å²) in [4.78, 5) is 19.5. The number of nitrogens with one attached hydrogen (secondary N) is 1. The number of carbonyl (C=O) groups is 1. The summed E-state index contributed by atoms with van der Waals surface area (Å²) in [6, 6.07) is 4.62. The second kappa shape index (κ2) is 10.8. The Labute approximate surface area is 209 Å². The normalized spacial score (nSPS) is 22.4. The molecule has 0 bridgehead atoms. The van der Waals surface area contributed by atoms with E-state index in [1.807, 2.05) is 25.9 Å². The van der Waals surface area contributed by atoms with Gasteiger partial charge in [0.2, 0.25) is 10.0 Å². The summed E-state index contributed by atoms with van der Waals surface area (Å²) in [7, 11) is 0.283. The Bertz CT molecular complexity index is 1040. The van der Waals surface area contributed by atoms with Crippen molar-refractivity contribution in [1.82, 2.24) is 24.3 Å². The number of halogens is 1. The number of benzene rings is 1. The molecule has 0 aliphatic carbocycles. The van der Waals surface area contributed by atoms with Crippen molar-refractivity contribution in [3.63, 3.8) is 0 Å². The van der Waals surface area contributed by atoms with Crippen molar-refractivity contribution in [3.8, 4) is 5.75 Å². The molecule has 1 fully saturated rings. The van der Waals surface area contributed by atoms with Gasteiger partial charge in [0.25, 0.3) is 5.91 Å². The molecule has 3 aliphatic rings. The van der Waals surface area contributed by atoms with E-state index in [1.165, 1.54) is 0 Å². The van der Waals surface area contributed by atoms with Gasteiger partial charge in [0.05, 0.1) is 24.2 Å². The minimum atomic E-state index is -3.64. The zero-order chi connectivity index (χ0) is 23.8. The van der Waals surface area contributed by atoms with Crippen LogP contribution in [-0.2, 0) is 14.8 Å². The van der Waals surface area contributed by atoms with Crippen LogP contribution in [-0.4, -0.2) is 100.0 Å². The van der Waals surface area contributed by atoms with Gasteiger partial charge in [0, 0.05) is 45.3 Å². The van der Waals surface area contributed by atoms with Crippen molar-refractivity contribution in [2.24, 2.45) is 0 Å². The predicted molar refractivity (Wildman–Crippen MR) is 134 cm³/mol. The number of sulfonamides is 1. The molecular formula is C23H36ClN5O4S. The van der Waals surface area contributed by atoms with Crippen molar-refractivity contribution in [2.45, 2.75) is 31.2 Å². The maximum atomic E-state index is 13.4. The predicted octanol–water partition coefficient (Wildman–Crippen LogP) is 1.48. The quantitative estimate of drug-likeness (QED) is 0.591. The summed E-state index contributed by atoms with van der Waals surface area (Å²) in [6.07, 6.45) is 1.02. The molecule has 1 unspecified atom stereocenters. The zero-order valence-electron chi connectivity index (χ0n) is 20.4. The molecule has 1 atom stereocenters. The smallest absolute Gasteiger partial charge is 0.268 e. The van der Waals surface area contributed by atoms with Crippen molar-refractivity contribution < 1.29 is 17.9 Å². The van der Waals surface area contributed by atoms with Crippen molar-refractivity contribution >= 4 is 28.3 Å². The van der Waals surface area contributed by atoms with E-state index in [0.717, 1.165) is 18.5 Å². The molecule has 3 heterocycles. The Hall–Kier alpha value is -1.85. The highest BCUT2D eigenvalue weighted by Crippen LogP contribution is 2.39. The Morgan fingerprint density at radius 2 is 1.82 bits per heavy atom. The van der Waals surface area contributed by atoms with Crippen LogP contribution in [0, 0.1) is 0 Å². The third-order valence-electron chi connectivity index (χ3n) is 6.56. The van der Waals surface area contributed by atoms with E-state index in [-0.39, 0.29) is 23.2 Å². The fraction of sp³-hybridized carbons (Fsp3) is 0.609. The molecule has 11 heteroatoms. The van der Waals surface area contributed by atoms with Gasteiger partial charge in [-0.25, -0.2) is 8.42 Å². The van der Waals surface area contributed by atoms with Crippen LogP contribution in [0.2, 0.25) is 0 Å². The Balaban J connectivity index is 0.00000324. The van der Waals surface area contributed by atoms with E-state index in [4.69, 9.17) is 4.74 Å². The lowest BCUT2D eigenvalue weighted by Crippen LogP contribution is -2.47. The lowest BCUT2D eigenvalue weighted by atomic mass is 9.97. The fourth-order valence-corrected chi connectivity index (χ4v) is 6.38. The minimum absolute atomic E-state index is 0. The number of carbonyl (C=O) groups excluding carboxylic acids is 1. The zero-order valence-corrected chi connectivity index (χ0v) is 22.0. The number of ether oxygens (including phenoxy) is 1. The van der Waals surface area contributed by atoms with Gasteiger partial charge in [-0.15, -0.1) is 12.4 Å². The molecule has 1 aromatic rings. The van der Waals surface area contributed by atoms with E-state index in [0.29, 0.717) is 63.0 Å². The lowest BCUT2D eigenvalue weighted by molar-refractivity contribution is -0.118. The van der Waals surface area contributed by atoms with Crippen LogP contribution in [0.25, 0.3) is 0 Å². The van der Waals surface area contributed by atoms with Crippen molar-refractivity contribution in [3.05, 3.63) is 35.0 Å². The minimum Gasteiger partial charge on any atom is -0.494 e. The molecule has 1 N–H and O–H groups in total. The van der Waals surface area contributed by atoms with Gasteiger partial charge >= 0.3 is 0 Å². The molecule has 4 rings (SSSR count). The molecule has 9 nitrogen and oxygen atoms in total. The maximum Gasteiger partial charge on any atom is 0.268 e. The summed E-state index contributed by atoms with van der Waals surface area (Å²) in [5.74, 6) is 0.479. The first-order chi connectivity index (χ1) is 15.8. The van der Waals surface area contributed by atoms with Crippen molar-refractivity contribution in [1.29, 1.82) is 0 Å². The highest BCUT2D eigenvalue weighted by atomic mass is 35.5. The lowest BCUT2D eigenvalue weighted by Gasteiger charge is -2.35. The maximum absolute atomic E-state index is 13.4. The number of rotatable bonds is 7. The Kier molecular flexibility index (Phi) is 8.51. The van der Waals surface area contributed by atoms with Gasteiger partial charge < -0.3 is 19.9 Å². The van der Waals surface area contributed by atoms with Crippen LogP contribution in [0.3, 0.4) is 0 Å². The number of likely N-dealkylation sites (N-methyl/N-ethyl adjacent to an activating group) is 2. The van der Waals surface area contributed by atoms with Gasteiger partial charge in [-0.05, 0) is 50.7 Å². The molecule has 34 heavy (non-hydrogen) atoms. The Morgan fingerprint density at radius 1 is 1.12 bits per heavy atom. The molecule has 0 spiro atoms. The van der Waals surface area contributed by atoms with Gasteiger partial charge in [0.15, 0.2) is 0 Å². The van der Waals surface area contributed by atoms with Crippen LogP contribution < -0.4 is 10.1 Å². The fourth-order valence-electron chi connectivity index (χ4n) is 4.92. The average Bonchev–Trinajstić information content (AvgIpc) is 3.11. The molecule has 190 valence electrons. The average molecular weight is 514 g/mol. The number of piperazine rings is 1. The molecule has 0 radical (unpaired) electrons. The van der Waals surface area contributed by atoms with Gasteiger partial charge in [-0.3, -0.25) is 9.69 Å². The number of nitrogens with zero attached hydrogens (tertiary/aromatic N) is 4. The number of hydrogen-bond donors (Lipinski definition) is 1. The number of amides is 1. The summed E-state index contributed by atoms with van der Waals surface area (Å²) in [6.45, 7) is 9.12. The molecule has 3 aliphatic heterocycles.